The summed E-state index contributed by atoms with van der Waals surface area (Å²) in [5, 5.41) is 4.09. The van der Waals surface area contributed by atoms with Crippen molar-refractivity contribution in [1.29, 1.82) is 0 Å². The molecule has 2 aromatic carbocycles. The summed E-state index contributed by atoms with van der Waals surface area (Å²) in [6.07, 6.45) is 4.58. The highest BCUT2D eigenvalue weighted by Gasteiger charge is 2.29. The normalized spacial score (nSPS) is 14.9. The Bertz CT molecular complexity index is 868. The highest BCUT2D eigenvalue weighted by atomic mass is 35.5. The van der Waals surface area contributed by atoms with Gasteiger partial charge in [0.05, 0.1) is 0 Å². The lowest BCUT2D eigenvalue weighted by atomic mass is 10.1. The number of rotatable bonds is 9. The Hall–Kier alpha value is -1.69. The molecule has 2 amide bonds. The van der Waals surface area contributed by atoms with Crippen molar-refractivity contribution in [1.82, 2.24) is 10.2 Å². The van der Waals surface area contributed by atoms with Gasteiger partial charge in [0.25, 0.3) is 0 Å². The van der Waals surface area contributed by atoms with Crippen molar-refractivity contribution in [3.8, 4) is 0 Å². The number of carbonyl (C=O) groups is 2. The van der Waals surface area contributed by atoms with E-state index in [2.05, 4.69) is 5.32 Å². The average Bonchev–Trinajstić information content (AvgIpc) is 3.27. The van der Waals surface area contributed by atoms with Crippen LogP contribution in [0.15, 0.2) is 53.4 Å². The molecular weight excluding hydrogens is 451 g/mol. The van der Waals surface area contributed by atoms with Gasteiger partial charge in [-0.25, -0.2) is 0 Å². The molecule has 1 saturated carbocycles. The Kier molecular flexibility index (Phi) is 9.12. The molecule has 0 heterocycles. The van der Waals surface area contributed by atoms with Crippen molar-refractivity contribution in [2.75, 3.05) is 5.75 Å². The van der Waals surface area contributed by atoms with Gasteiger partial charge in [0, 0.05) is 45.3 Å². The standard InChI is InChI=1S/C24H28Cl2N2O2S/c1-17(24(30)27-18-8-5-6-9-18)28(16-20-21(25)12-7-13-22(20)26)23(29)14-15-31-19-10-3-2-4-11-19/h2-4,7,10-13,17-18H,5-6,8-9,14-16H2,1H3,(H,27,30). The first kappa shape index (κ1) is 24.0. The van der Waals surface area contributed by atoms with Crippen LogP contribution in [0.1, 0.15) is 44.6 Å². The largest absolute Gasteiger partial charge is 0.352 e. The Labute approximate surface area is 198 Å². The Morgan fingerprint density at radius 2 is 1.71 bits per heavy atom. The second kappa shape index (κ2) is 11.8. The maximum atomic E-state index is 13.2. The van der Waals surface area contributed by atoms with Crippen LogP contribution in [0.25, 0.3) is 0 Å². The van der Waals surface area contributed by atoms with E-state index in [4.69, 9.17) is 23.2 Å². The molecule has 0 spiro atoms. The van der Waals surface area contributed by atoms with E-state index in [1.54, 1.807) is 41.8 Å². The van der Waals surface area contributed by atoms with Crippen LogP contribution in [0, 0.1) is 0 Å². The maximum absolute atomic E-state index is 13.2. The third kappa shape index (κ3) is 6.90. The summed E-state index contributed by atoms with van der Waals surface area (Å²) in [5.41, 5.74) is 0.662. The molecule has 1 aliphatic rings. The number of nitrogens with one attached hydrogen (secondary N) is 1. The van der Waals surface area contributed by atoms with Gasteiger partial charge in [-0.3, -0.25) is 9.59 Å². The van der Waals surface area contributed by atoms with E-state index in [1.165, 1.54) is 0 Å². The summed E-state index contributed by atoms with van der Waals surface area (Å²) in [5.74, 6) is 0.416. The molecule has 0 bridgehead atoms. The van der Waals surface area contributed by atoms with Crippen LogP contribution in [0.2, 0.25) is 10.0 Å². The molecular formula is C24H28Cl2N2O2S. The van der Waals surface area contributed by atoms with Crippen LogP contribution < -0.4 is 5.32 Å². The van der Waals surface area contributed by atoms with Gasteiger partial charge in [0.15, 0.2) is 0 Å². The molecule has 31 heavy (non-hydrogen) atoms. The second-order valence-corrected chi connectivity index (χ2v) is 9.78. The Morgan fingerprint density at radius 1 is 1.06 bits per heavy atom. The van der Waals surface area contributed by atoms with Crippen molar-refractivity contribution in [2.24, 2.45) is 0 Å². The third-order valence-electron chi connectivity index (χ3n) is 5.59. The van der Waals surface area contributed by atoms with Crippen molar-refractivity contribution in [3.63, 3.8) is 0 Å². The van der Waals surface area contributed by atoms with E-state index in [-0.39, 0.29) is 24.4 Å². The van der Waals surface area contributed by atoms with Crippen LogP contribution in [-0.4, -0.2) is 34.6 Å². The molecule has 166 valence electrons. The molecule has 1 N–H and O–H groups in total. The van der Waals surface area contributed by atoms with Gasteiger partial charge < -0.3 is 10.2 Å². The first-order valence-corrected chi connectivity index (χ1v) is 12.4. The van der Waals surface area contributed by atoms with Crippen molar-refractivity contribution < 1.29 is 9.59 Å². The van der Waals surface area contributed by atoms with Crippen molar-refractivity contribution in [3.05, 3.63) is 64.1 Å². The van der Waals surface area contributed by atoms with Gasteiger partial charge in [0.1, 0.15) is 6.04 Å². The van der Waals surface area contributed by atoms with Crippen molar-refractivity contribution in [2.45, 2.75) is 62.6 Å². The number of amides is 2. The number of nitrogens with zero attached hydrogens (tertiary/aromatic N) is 1. The fourth-order valence-electron chi connectivity index (χ4n) is 3.74. The van der Waals surface area contributed by atoms with Crippen molar-refractivity contribution >= 4 is 46.8 Å². The zero-order chi connectivity index (χ0) is 22.2. The lowest BCUT2D eigenvalue weighted by molar-refractivity contribution is -0.140. The highest BCUT2D eigenvalue weighted by Crippen LogP contribution is 2.27. The molecule has 7 heteroatoms. The molecule has 0 saturated heterocycles. The summed E-state index contributed by atoms with van der Waals surface area (Å²) in [4.78, 5) is 28.8. The molecule has 1 atom stereocenters. The molecule has 1 fully saturated rings. The highest BCUT2D eigenvalue weighted by molar-refractivity contribution is 7.99. The van der Waals surface area contributed by atoms with Gasteiger partial charge in [-0.05, 0) is 44.0 Å². The Morgan fingerprint density at radius 3 is 2.35 bits per heavy atom. The lowest BCUT2D eigenvalue weighted by Crippen LogP contribution is -2.49. The fraction of sp³-hybridized carbons (Fsp3) is 0.417. The van der Waals surface area contributed by atoms with Crippen LogP contribution >= 0.6 is 35.0 Å². The summed E-state index contributed by atoms with van der Waals surface area (Å²) >= 11 is 14.3. The number of thioether (sulfide) groups is 1. The number of hydrogen-bond acceptors (Lipinski definition) is 3. The number of benzene rings is 2. The molecule has 0 radical (unpaired) electrons. The van der Waals surface area contributed by atoms with Crippen LogP contribution in [-0.2, 0) is 16.1 Å². The van der Waals surface area contributed by atoms with Crippen LogP contribution in [0.5, 0.6) is 0 Å². The molecule has 2 aromatic rings. The van der Waals surface area contributed by atoms with E-state index in [9.17, 15) is 9.59 Å². The van der Waals surface area contributed by atoms with Gasteiger partial charge in [-0.15, -0.1) is 11.8 Å². The molecule has 3 rings (SSSR count). The van der Waals surface area contributed by atoms with E-state index >= 15 is 0 Å². The molecule has 1 aliphatic carbocycles. The summed E-state index contributed by atoms with van der Waals surface area (Å²) in [6.45, 7) is 1.98. The smallest absolute Gasteiger partial charge is 0.242 e. The SMILES string of the molecule is CC(C(=O)NC1CCCC1)N(Cc1c(Cl)cccc1Cl)C(=O)CCSc1ccccc1. The van der Waals surface area contributed by atoms with E-state index in [0.29, 0.717) is 27.8 Å². The van der Waals surface area contributed by atoms with Gasteiger partial charge in [-0.1, -0.05) is 60.3 Å². The number of carbonyl (C=O) groups excluding carboxylic acids is 2. The number of halogens is 2. The first-order chi connectivity index (χ1) is 15.0. The topological polar surface area (TPSA) is 49.4 Å². The van der Waals surface area contributed by atoms with Crippen LogP contribution in [0.3, 0.4) is 0 Å². The predicted octanol–water partition coefficient (Wildman–Crippen LogP) is 5.95. The minimum Gasteiger partial charge on any atom is -0.352 e. The van der Waals surface area contributed by atoms with Gasteiger partial charge >= 0.3 is 0 Å². The average molecular weight is 479 g/mol. The summed E-state index contributed by atoms with van der Waals surface area (Å²) in [7, 11) is 0. The Balaban J connectivity index is 1.70. The zero-order valence-corrected chi connectivity index (χ0v) is 20.0. The predicted molar refractivity (Wildman–Crippen MR) is 129 cm³/mol. The van der Waals surface area contributed by atoms with Gasteiger partial charge in [-0.2, -0.15) is 0 Å². The lowest BCUT2D eigenvalue weighted by Gasteiger charge is -2.30. The monoisotopic (exact) mass is 478 g/mol. The minimum absolute atomic E-state index is 0.0894. The minimum atomic E-state index is -0.609. The quantitative estimate of drug-likeness (QED) is 0.452. The van der Waals surface area contributed by atoms with Gasteiger partial charge in [0.2, 0.25) is 11.8 Å². The molecule has 4 nitrogen and oxygen atoms in total. The fourth-order valence-corrected chi connectivity index (χ4v) is 5.12. The third-order valence-corrected chi connectivity index (χ3v) is 7.31. The second-order valence-electron chi connectivity index (χ2n) is 7.80. The van der Waals surface area contributed by atoms with E-state index < -0.39 is 6.04 Å². The van der Waals surface area contributed by atoms with E-state index in [1.807, 2.05) is 30.3 Å². The maximum Gasteiger partial charge on any atom is 0.242 e. The zero-order valence-electron chi connectivity index (χ0n) is 17.7. The first-order valence-electron chi connectivity index (χ1n) is 10.7. The summed E-state index contributed by atoms with van der Waals surface area (Å²) in [6, 6.07) is 14.8. The molecule has 1 unspecified atom stereocenters. The number of hydrogen-bond donors (Lipinski definition) is 1. The van der Waals surface area contributed by atoms with E-state index in [0.717, 1.165) is 30.6 Å². The molecule has 0 aromatic heterocycles. The van der Waals surface area contributed by atoms with Crippen LogP contribution in [0.4, 0.5) is 0 Å². The molecule has 0 aliphatic heterocycles. The summed E-state index contributed by atoms with van der Waals surface area (Å²) < 4.78 is 0.